The van der Waals surface area contributed by atoms with Crippen molar-refractivity contribution in [3.8, 4) is 0 Å². The van der Waals surface area contributed by atoms with Crippen LogP contribution in [0.1, 0.15) is 23.6 Å². The van der Waals surface area contributed by atoms with Crippen molar-refractivity contribution in [1.29, 1.82) is 0 Å². The summed E-state index contributed by atoms with van der Waals surface area (Å²) >= 11 is 9.57. The summed E-state index contributed by atoms with van der Waals surface area (Å²) in [4.78, 5) is 0. The maximum Gasteiger partial charge on any atom is 0.159 e. The lowest BCUT2D eigenvalue weighted by Gasteiger charge is -2.50. The SMILES string of the molecule is CC(N)(c1ccc(F)cc1Cl)C(CN)(c1ccc(Br)cc1F)C(N)Cc1ccc(F)c(F)c1. The van der Waals surface area contributed by atoms with Crippen LogP contribution in [-0.4, -0.2) is 12.6 Å². The highest BCUT2D eigenvalue weighted by atomic mass is 79.9. The summed E-state index contributed by atoms with van der Waals surface area (Å²) in [7, 11) is 0. The monoisotopic (exact) mass is 543 g/mol. The van der Waals surface area contributed by atoms with Gasteiger partial charge in [0, 0.05) is 27.5 Å². The van der Waals surface area contributed by atoms with Crippen LogP contribution in [0.2, 0.25) is 5.02 Å². The van der Waals surface area contributed by atoms with Crippen LogP contribution in [0.4, 0.5) is 17.6 Å². The lowest BCUT2D eigenvalue weighted by molar-refractivity contribution is 0.191. The van der Waals surface area contributed by atoms with E-state index in [-0.39, 0.29) is 23.6 Å². The molecule has 3 unspecified atom stereocenters. The van der Waals surface area contributed by atoms with Gasteiger partial charge in [-0.1, -0.05) is 45.7 Å². The molecule has 0 bridgehead atoms. The smallest absolute Gasteiger partial charge is 0.159 e. The van der Waals surface area contributed by atoms with Gasteiger partial charge < -0.3 is 17.2 Å². The highest BCUT2D eigenvalue weighted by Gasteiger charge is 2.53. The van der Waals surface area contributed by atoms with Gasteiger partial charge in [-0.25, -0.2) is 17.6 Å². The molecule has 9 heteroatoms. The molecule has 3 aromatic rings. The Morgan fingerprint density at radius 2 is 1.58 bits per heavy atom. The standard InChI is InChI=1S/C24H23BrClF4N3/c1-23(33,16-6-4-15(27)11-18(16)26)24(12-31,17-5-3-14(25)10-20(17)29)22(32)9-13-2-7-19(28)21(30)8-13/h2-8,10-11,22H,9,12,31-33H2,1H3. The number of halogens is 6. The van der Waals surface area contributed by atoms with Crippen molar-refractivity contribution in [3.63, 3.8) is 0 Å². The first-order valence-electron chi connectivity index (χ1n) is 10.0. The first-order valence-corrected chi connectivity index (χ1v) is 11.2. The minimum atomic E-state index is -1.50. The number of rotatable bonds is 7. The molecule has 0 aliphatic heterocycles. The molecule has 6 N–H and O–H groups in total. The van der Waals surface area contributed by atoms with E-state index in [1.165, 1.54) is 30.3 Å². The number of hydrogen-bond donors (Lipinski definition) is 3. The van der Waals surface area contributed by atoms with Crippen molar-refractivity contribution in [2.75, 3.05) is 6.54 Å². The van der Waals surface area contributed by atoms with Crippen LogP contribution in [0, 0.1) is 23.3 Å². The zero-order valence-corrected chi connectivity index (χ0v) is 20.0. The Bertz CT molecular complexity index is 1170. The van der Waals surface area contributed by atoms with Gasteiger partial charge >= 0.3 is 0 Å². The van der Waals surface area contributed by atoms with Crippen molar-refractivity contribution in [2.24, 2.45) is 17.2 Å². The molecule has 0 aliphatic carbocycles. The van der Waals surface area contributed by atoms with Crippen molar-refractivity contribution < 1.29 is 17.6 Å². The maximum absolute atomic E-state index is 15.4. The largest absolute Gasteiger partial charge is 0.329 e. The van der Waals surface area contributed by atoms with Gasteiger partial charge in [0.15, 0.2) is 11.6 Å². The predicted molar refractivity (Wildman–Crippen MR) is 126 cm³/mol. The van der Waals surface area contributed by atoms with Gasteiger partial charge in [0.2, 0.25) is 0 Å². The fourth-order valence-electron chi connectivity index (χ4n) is 4.43. The maximum atomic E-state index is 15.4. The van der Waals surface area contributed by atoms with Gasteiger partial charge in [-0.2, -0.15) is 0 Å². The second-order valence-electron chi connectivity index (χ2n) is 8.19. The summed E-state index contributed by atoms with van der Waals surface area (Å²) < 4.78 is 56.9. The third-order valence-corrected chi connectivity index (χ3v) is 7.03. The van der Waals surface area contributed by atoms with Crippen LogP contribution in [0.3, 0.4) is 0 Å². The fraction of sp³-hybridized carbons (Fsp3) is 0.250. The molecule has 0 radical (unpaired) electrons. The van der Waals surface area contributed by atoms with Crippen molar-refractivity contribution in [1.82, 2.24) is 0 Å². The van der Waals surface area contributed by atoms with E-state index in [9.17, 15) is 13.2 Å². The van der Waals surface area contributed by atoms with Gasteiger partial charge in [-0.15, -0.1) is 0 Å². The summed E-state index contributed by atoms with van der Waals surface area (Å²) in [5.41, 5.74) is 17.6. The molecule has 176 valence electrons. The molecule has 0 saturated heterocycles. The first-order chi connectivity index (χ1) is 15.4. The van der Waals surface area contributed by atoms with E-state index < -0.39 is 40.3 Å². The molecule has 0 amide bonds. The molecule has 3 atom stereocenters. The van der Waals surface area contributed by atoms with E-state index in [0.29, 0.717) is 15.6 Å². The average molecular weight is 545 g/mol. The summed E-state index contributed by atoms with van der Waals surface area (Å²) in [5.74, 6) is -3.23. The number of hydrogen-bond acceptors (Lipinski definition) is 3. The second-order valence-corrected chi connectivity index (χ2v) is 9.51. The van der Waals surface area contributed by atoms with E-state index in [1.807, 2.05) is 0 Å². The Balaban J connectivity index is 2.25. The molecule has 0 aromatic heterocycles. The van der Waals surface area contributed by atoms with Gasteiger partial charge in [0.05, 0.1) is 5.54 Å². The third-order valence-electron chi connectivity index (χ3n) is 6.22. The molecule has 0 heterocycles. The van der Waals surface area contributed by atoms with Gasteiger partial charge in [-0.05, 0) is 66.4 Å². The molecule has 0 saturated carbocycles. The van der Waals surface area contributed by atoms with E-state index in [0.717, 1.165) is 18.2 Å². The Kier molecular flexibility index (Phi) is 7.55. The topological polar surface area (TPSA) is 78.1 Å². The summed E-state index contributed by atoms with van der Waals surface area (Å²) in [5, 5.41) is 0.0235. The van der Waals surface area contributed by atoms with Gasteiger partial charge in [-0.3, -0.25) is 0 Å². The van der Waals surface area contributed by atoms with Crippen molar-refractivity contribution in [2.45, 2.75) is 30.3 Å². The molecule has 3 aromatic carbocycles. The predicted octanol–water partition coefficient (Wildman–Crippen LogP) is 5.30. The summed E-state index contributed by atoms with van der Waals surface area (Å²) in [6.45, 7) is 1.36. The minimum Gasteiger partial charge on any atom is -0.329 e. The Morgan fingerprint density at radius 1 is 0.909 bits per heavy atom. The highest BCUT2D eigenvalue weighted by Crippen LogP contribution is 2.46. The quantitative estimate of drug-likeness (QED) is 0.353. The molecule has 33 heavy (non-hydrogen) atoms. The molecule has 3 rings (SSSR count). The van der Waals surface area contributed by atoms with Gasteiger partial charge in [0.1, 0.15) is 11.6 Å². The van der Waals surface area contributed by atoms with Crippen LogP contribution < -0.4 is 17.2 Å². The lowest BCUT2D eigenvalue weighted by atomic mass is 9.58. The van der Waals surface area contributed by atoms with Crippen LogP contribution in [0.5, 0.6) is 0 Å². The lowest BCUT2D eigenvalue weighted by Crippen LogP contribution is -2.66. The van der Waals surface area contributed by atoms with Crippen LogP contribution in [0.15, 0.2) is 59.1 Å². The highest BCUT2D eigenvalue weighted by molar-refractivity contribution is 9.10. The van der Waals surface area contributed by atoms with E-state index >= 15 is 4.39 Å². The number of nitrogens with two attached hydrogens (primary N) is 3. The minimum absolute atomic E-state index is 0.00446. The van der Waals surface area contributed by atoms with Crippen LogP contribution in [-0.2, 0) is 17.4 Å². The normalized spacial score (nSPS) is 16.2. The van der Waals surface area contributed by atoms with E-state index in [4.69, 9.17) is 28.8 Å². The van der Waals surface area contributed by atoms with Gasteiger partial charge in [0.25, 0.3) is 0 Å². The van der Waals surface area contributed by atoms with Crippen molar-refractivity contribution in [3.05, 3.63) is 104 Å². The zero-order chi connectivity index (χ0) is 24.6. The fourth-order valence-corrected chi connectivity index (χ4v) is 5.13. The van der Waals surface area contributed by atoms with Crippen LogP contribution in [0.25, 0.3) is 0 Å². The van der Waals surface area contributed by atoms with Crippen molar-refractivity contribution >= 4 is 27.5 Å². The number of benzene rings is 3. The Morgan fingerprint density at radius 3 is 2.15 bits per heavy atom. The first kappa shape index (κ1) is 25.6. The molecular formula is C24H23BrClF4N3. The molecule has 0 fully saturated rings. The summed E-state index contributed by atoms with van der Waals surface area (Å²) in [6.07, 6.45) is -0.00446. The Hall–Kier alpha value is -1.97. The molecular weight excluding hydrogens is 522 g/mol. The molecule has 0 spiro atoms. The Labute approximate surface area is 203 Å². The van der Waals surface area contributed by atoms with E-state index in [2.05, 4.69) is 15.9 Å². The van der Waals surface area contributed by atoms with E-state index in [1.54, 1.807) is 13.0 Å². The molecule has 0 aliphatic rings. The third kappa shape index (κ3) is 4.68. The van der Waals surface area contributed by atoms with Crippen LogP contribution >= 0.6 is 27.5 Å². The average Bonchev–Trinajstić information content (AvgIpc) is 2.72. The summed E-state index contributed by atoms with van der Waals surface area (Å²) in [6, 6.07) is 10.5. The molecule has 3 nitrogen and oxygen atoms in total. The zero-order valence-electron chi connectivity index (χ0n) is 17.7. The second kappa shape index (κ2) is 9.72.